The largest absolute Gasteiger partial charge is 0.392 e. The minimum Gasteiger partial charge on any atom is -0.392 e. The first-order chi connectivity index (χ1) is 5.24. The number of hydrogen-bond acceptors (Lipinski definition) is 2. The molecule has 1 N–H and O–H groups in total. The molecule has 2 nitrogen and oxygen atoms in total. The minimum absolute atomic E-state index is 0.936. The van der Waals surface area contributed by atoms with Gasteiger partial charge in [0.05, 0.1) is 0 Å². The molecule has 0 heterocycles. The topological polar surface area (TPSA) is 24.4 Å². The molecule has 0 saturated carbocycles. The minimum atomic E-state index is 0.936. The number of nitrogens with zero attached hydrogens (tertiary/aromatic N) is 1. The molecule has 2 heteroatoms. The summed E-state index contributed by atoms with van der Waals surface area (Å²) in [5.41, 5.74) is 2.17. The van der Waals surface area contributed by atoms with Gasteiger partial charge in [-0.15, -0.1) is 0 Å². The second-order valence-corrected chi connectivity index (χ2v) is 2.23. The molecule has 0 radical (unpaired) electrons. The normalized spacial score (nSPS) is 13.0. The van der Waals surface area contributed by atoms with Crippen molar-refractivity contribution in [3.05, 3.63) is 24.6 Å². The summed E-state index contributed by atoms with van der Waals surface area (Å²) in [6.45, 7) is 7.62. The molecule has 62 valence electrons. The molecule has 0 bridgehead atoms. The van der Waals surface area contributed by atoms with Crippen LogP contribution < -0.4 is 5.32 Å². The quantitative estimate of drug-likeness (QED) is 0.613. The standard InChI is InChI=1S/C9H16N2/c1-5-9(11-6-2)7-8(3)10-4/h6-7,10H,2,5H2,1,3-4H3/b8-7-,11-9?. The van der Waals surface area contributed by atoms with E-state index in [-0.39, 0.29) is 0 Å². The lowest BCUT2D eigenvalue weighted by Crippen LogP contribution is -2.04. The maximum absolute atomic E-state index is 4.09. The van der Waals surface area contributed by atoms with Crippen molar-refractivity contribution in [2.45, 2.75) is 20.3 Å². The highest BCUT2D eigenvalue weighted by molar-refractivity contribution is 5.95. The molecular weight excluding hydrogens is 136 g/mol. The molecule has 0 spiro atoms. The van der Waals surface area contributed by atoms with E-state index in [9.17, 15) is 0 Å². The van der Waals surface area contributed by atoms with Crippen molar-refractivity contribution < 1.29 is 0 Å². The van der Waals surface area contributed by atoms with E-state index in [0.29, 0.717) is 0 Å². The Bertz CT molecular complexity index is 178. The van der Waals surface area contributed by atoms with Crippen LogP contribution in [0, 0.1) is 0 Å². The molecule has 0 aromatic carbocycles. The van der Waals surface area contributed by atoms with E-state index in [1.165, 1.54) is 0 Å². The van der Waals surface area contributed by atoms with Crippen LogP contribution in [0.1, 0.15) is 20.3 Å². The average molecular weight is 152 g/mol. The fourth-order valence-electron chi connectivity index (χ4n) is 0.670. The van der Waals surface area contributed by atoms with E-state index in [4.69, 9.17) is 0 Å². The molecule has 0 aliphatic carbocycles. The second-order valence-electron chi connectivity index (χ2n) is 2.23. The summed E-state index contributed by atoms with van der Waals surface area (Å²) in [5, 5.41) is 3.03. The van der Waals surface area contributed by atoms with Gasteiger partial charge in [-0.1, -0.05) is 13.5 Å². The zero-order chi connectivity index (χ0) is 8.69. The van der Waals surface area contributed by atoms with E-state index in [2.05, 4.69) is 23.8 Å². The van der Waals surface area contributed by atoms with Gasteiger partial charge < -0.3 is 5.32 Å². The highest BCUT2D eigenvalue weighted by atomic mass is 14.8. The summed E-state index contributed by atoms with van der Waals surface area (Å²) in [6, 6.07) is 0. The Morgan fingerprint density at radius 2 is 2.27 bits per heavy atom. The van der Waals surface area contributed by atoms with E-state index < -0.39 is 0 Å². The Balaban J connectivity index is 4.28. The fourth-order valence-corrected chi connectivity index (χ4v) is 0.670. The Labute approximate surface area is 68.7 Å². The molecule has 11 heavy (non-hydrogen) atoms. The molecule has 0 aliphatic rings. The van der Waals surface area contributed by atoms with E-state index >= 15 is 0 Å². The Morgan fingerprint density at radius 3 is 2.64 bits per heavy atom. The van der Waals surface area contributed by atoms with Crippen LogP contribution in [0.15, 0.2) is 29.5 Å². The summed E-state index contributed by atoms with van der Waals surface area (Å²) >= 11 is 0. The molecule has 0 aromatic rings. The van der Waals surface area contributed by atoms with Crippen LogP contribution in [0.3, 0.4) is 0 Å². The SMILES string of the molecule is C=CN=C(/C=C(/C)NC)CC. The number of rotatable bonds is 4. The van der Waals surface area contributed by atoms with Crippen LogP contribution in [0.25, 0.3) is 0 Å². The van der Waals surface area contributed by atoms with Crippen LogP contribution in [0.4, 0.5) is 0 Å². The molecular formula is C9H16N2. The zero-order valence-electron chi connectivity index (χ0n) is 7.52. The van der Waals surface area contributed by atoms with Crippen molar-refractivity contribution in [3.63, 3.8) is 0 Å². The first kappa shape index (κ1) is 9.95. The molecule has 0 saturated heterocycles. The lowest BCUT2D eigenvalue weighted by atomic mass is 10.2. The summed E-state index contributed by atoms with van der Waals surface area (Å²) in [5.74, 6) is 0. The van der Waals surface area contributed by atoms with E-state index in [0.717, 1.165) is 17.8 Å². The summed E-state index contributed by atoms with van der Waals surface area (Å²) in [4.78, 5) is 4.09. The first-order valence-electron chi connectivity index (χ1n) is 3.78. The van der Waals surface area contributed by atoms with Crippen molar-refractivity contribution in [2.24, 2.45) is 4.99 Å². The Hall–Kier alpha value is -1.05. The summed E-state index contributed by atoms with van der Waals surface area (Å²) < 4.78 is 0. The average Bonchev–Trinajstić information content (AvgIpc) is 2.03. The van der Waals surface area contributed by atoms with Crippen LogP contribution in [0.5, 0.6) is 0 Å². The predicted molar refractivity (Wildman–Crippen MR) is 50.7 cm³/mol. The summed E-state index contributed by atoms with van der Waals surface area (Å²) in [7, 11) is 1.90. The van der Waals surface area contributed by atoms with Gasteiger partial charge in [0.15, 0.2) is 0 Å². The van der Waals surface area contributed by atoms with Crippen molar-refractivity contribution >= 4 is 5.71 Å². The van der Waals surface area contributed by atoms with Crippen molar-refractivity contribution in [2.75, 3.05) is 7.05 Å². The van der Waals surface area contributed by atoms with Gasteiger partial charge >= 0.3 is 0 Å². The van der Waals surface area contributed by atoms with E-state index in [1.54, 1.807) is 6.20 Å². The lowest BCUT2D eigenvalue weighted by Gasteiger charge is -1.99. The van der Waals surface area contributed by atoms with Gasteiger partial charge in [-0.05, 0) is 19.4 Å². The maximum Gasteiger partial charge on any atom is 0.0417 e. The fraction of sp³-hybridized carbons (Fsp3) is 0.444. The van der Waals surface area contributed by atoms with E-state index in [1.807, 2.05) is 20.0 Å². The molecule has 0 amide bonds. The lowest BCUT2D eigenvalue weighted by molar-refractivity contribution is 0.991. The van der Waals surface area contributed by atoms with Crippen molar-refractivity contribution in [1.29, 1.82) is 0 Å². The van der Waals surface area contributed by atoms with Crippen LogP contribution in [-0.2, 0) is 0 Å². The molecule has 0 unspecified atom stereocenters. The van der Waals surface area contributed by atoms with Crippen LogP contribution in [0.2, 0.25) is 0 Å². The third-order valence-electron chi connectivity index (χ3n) is 1.40. The molecule has 0 aromatic heterocycles. The van der Waals surface area contributed by atoms with Gasteiger partial charge in [0.25, 0.3) is 0 Å². The number of aliphatic imine (C=N–C) groups is 1. The molecule has 0 fully saturated rings. The third kappa shape index (κ3) is 4.37. The Kier molecular flexibility index (Phi) is 5.17. The Morgan fingerprint density at radius 1 is 1.64 bits per heavy atom. The third-order valence-corrected chi connectivity index (χ3v) is 1.40. The predicted octanol–water partition coefficient (Wildman–Crippen LogP) is 2.10. The van der Waals surface area contributed by atoms with Crippen molar-refractivity contribution in [1.82, 2.24) is 5.32 Å². The number of hydrogen-bond donors (Lipinski definition) is 1. The van der Waals surface area contributed by atoms with Gasteiger partial charge in [-0.3, -0.25) is 4.99 Å². The molecule has 0 atom stereocenters. The van der Waals surface area contributed by atoms with Crippen LogP contribution >= 0.6 is 0 Å². The monoisotopic (exact) mass is 152 g/mol. The molecule has 0 rings (SSSR count). The van der Waals surface area contributed by atoms with Crippen molar-refractivity contribution in [3.8, 4) is 0 Å². The van der Waals surface area contributed by atoms with Crippen LogP contribution in [-0.4, -0.2) is 12.8 Å². The highest BCUT2D eigenvalue weighted by Gasteiger charge is 1.89. The zero-order valence-corrected chi connectivity index (χ0v) is 7.52. The van der Waals surface area contributed by atoms with Gasteiger partial charge in [-0.2, -0.15) is 0 Å². The highest BCUT2D eigenvalue weighted by Crippen LogP contribution is 1.93. The maximum atomic E-state index is 4.09. The number of nitrogens with one attached hydrogen (secondary N) is 1. The van der Waals surface area contributed by atoms with Gasteiger partial charge in [-0.25, -0.2) is 0 Å². The first-order valence-corrected chi connectivity index (χ1v) is 3.78. The van der Waals surface area contributed by atoms with Gasteiger partial charge in [0, 0.05) is 24.7 Å². The second kappa shape index (κ2) is 5.71. The van der Waals surface area contributed by atoms with Gasteiger partial charge in [0.2, 0.25) is 0 Å². The smallest absolute Gasteiger partial charge is 0.0417 e. The number of allylic oxidation sites excluding steroid dienone is 2. The molecule has 0 aliphatic heterocycles. The summed E-state index contributed by atoms with van der Waals surface area (Å²) in [6.07, 6.45) is 4.52. The van der Waals surface area contributed by atoms with Gasteiger partial charge in [0.1, 0.15) is 0 Å².